The van der Waals surface area contributed by atoms with Gasteiger partial charge in [0.25, 0.3) is 15.6 Å². The van der Waals surface area contributed by atoms with Gasteiger partial charge in [0, 0.05) is 11.6 Å². The van der Waals surface area contributed by atoms with E-state index in [2.05, 4.69) is 14.9 Å². The second-order valence-electron chi connectivity index (χ2n) is 4.03. The number of nitrogens with one attached hydrogen (secondary N) is 2. The third-order valence-electron chi connectivity index (χ3n) is 2.50. The number of hydrogen-bond donors (Lipinski definition) is 4. The monoisotopic (exact) mass is 309 g/mol. The molecule has 1 heterocycles. The summed E-state index contributed by atoms with van der Waals surface area (Å²) in [7, 11) is -4.01. The van der Waals surface area contributed by atoms with Gasteiger partial charge in [-0.15, -0.1) is 0 Å². The highest BCUT2D eigenvalue weighted by Crippen LogP contribution is 2.21. The van der Waals surface area contributed by atoms with Gasteiger partial charge in [0.15, 0.2) is 5.82 Å². The van der Waals surface area contributed by atoms with E-state index < -0.39 is 21.5 Å². The van der Waals surface area contributed by atoms with Gasteiger partial charge in [-0.1, -0.05) is 0 Å². The van der Waals surface area contributed by atoms with Gasteiger partial charge in [0.2, 0.25) is 5.91 Å². The minimum absolute atomic E-state index is 0.0759. The summed E-state index contributed by atoms with van der Waals surface area (Å²) in [5, 5.41) is 5.61. The number of sulfonamides is 1. The molecule has 0 saturated heterocycles. The Morgan fingerprint density at radius 1 is 1.24 bits per heavy atom. The molecule has 10 heteroatoms. The van der Waals surface area contributed by atoms with Crippen molar-refractivity contribution in [3.8, 4) is 0 Å². The van der Waals surface area contributed by atoms with Crippen molar-refractivity contribution in [2.24, 2.45) is 5.73 Å². The van der Waals surface area contributed by atoms with Gasteiger partial charge in [-0.05, 0) is 24.3 Å². The number of benzene rings is 1. The van der Waals surface area contributed by atoms with Crippen LogP contribution in [0.3, 0.4) is 0 Å². The van der Waals surface area contributed by atoms with Crippen LogP contribution in [0.15, 0.2) is 40.0 Å². The maximum atomic E-state index is 12.1. The third-order valence-corrected chi connectivity index (χ3v) is 3.93. The van der Waals surface area contributed by atoms with Crippen molar-refractivity contribution in [3.05, 3.63) is 46.2 Å². The molecule has 0 bridgehead atoms. The molecule has 2 rings (SSSR count). The van der Waals surface area contributed by atoms with Gasteiger partial charge >= 0.3 is 0 Å². The molecule has 1 amide bonds. The van der Waals surface area contributed by atoms with E-state index in [0.29, 0.717) is 0 Å². The molecule has 0 radical (unpaired) electrons. The number of rotatable bonds is 4. The first-order valence-corrected chi connectivity index (χ1v) is 7.06. The maximum Gasteiger partial charge on any atom is 0.265 e. The van der Waals surface area contributed by atoms with Crippen LogP contribution in [0.2, 0.25) is 0 Å². The van der Waals surface area contributed by atoms with Crippen molar-refractivity contribution in [2.45, 2.75) is 4.90 Å². The first kappa shape index (κ1) is 14.5. The molecule has 0 aliphatic rings. The number of anilines is 2. The molecule has 9 nitrogen and oxygen atoms in total. The first-order valence-electron chi connectivity index (χ1n) is 5.57. The molecule has 1 aromatic carbocycles. The van der Waals surface area contributed by atoms with Crippen LogP contribution >= 0.6 is 0 Å². The molecule has 0 aliphatic carbocycles. The number of nitrogens with zero attached hydrogens (tertiary/aromatic N) is 1. The average molecular weight is 309 g/mol. The van der Waals surface area contributed by atoms with Crippen molar-refractivity contribution in [2.75, 3.05) is 10.5 Å². The van der Waals surface area contributed by atoms with Crippen molar-refractivity contribution >= 4 is 27.4 Å². The third kappa shape index (κ3) is 3.17. The van der Waals surface area contributed by atoms with Crippen LogP contribution in [0.25, 0.3) is 0 Å². The molecule has 0 unspecified atom stereocenters. The quantitative estimate of drug-likeness (QED) is 0.543. The van der Waals surface area contributed by atoms with Crippen LogP contribution in [-0.2, 0) is 10.0 Å². The molecular formula is C11H11N5O4S. The lowest BCUT2D eigenvalue weighted by Crippen LogP contribution is -2.18. The van der Waals surface area contributed by atoms with Crippen LogP contribution in [0.5, 0.6) is 0 Å². The Morgan fingerprint density at radius 3 is 2.48 bits per heavy atom. The Morgan fingerprint density at radius 2 is 1.95 bits per heavy atom. The zero-order valence-corrected chi connectivity index (χ0v) is 11.3. The maximum absolute atomic E-state index is 12.1. The number of nitrogen functional groups attached to an aromatic ring is 1. The fourth-order valence-corrected chi connectivity index (χ4v) is 2.66. The average Bonchev–Trinajstić information content (AvgIpc) is 2.40. The normalized spacial score (nSPS) is 11.0. The van der Waals surface area contributed by atoms with Crippen molar-refractivity contribution in [3.63, 3.8) is 0 Å². The van der Waals surface area contributed by atoms with Gasteiger partial charge in [0.05, 0.1) is 5.69 Å². The topological polar surface area (TPSA) is 161 Å². The SMILES string of the molecule is NC(=O)c1ccc(S(=O)(=O)Nc2ccc(=O)[nH]n2)c(N)c1. The molecule has 1 aromatic heterocycles. The minimum atomic E-state index is -4.01. The standard InChI is InChI=1S/C11H11N5O4S/c12-7-5-6(11(13)18)1-2-8(7)21(19,20)16-9-3-4-10(17)15-14-9/h1-5H,12H2,(H2,13,18)(H,14,16)(H,15,17). The van der Waals surface area contributed by atoms with Gasteiger partial charge in [-0.25, -0.2) is 13.5 Å². The largest absolute Gasteiger partial charge is 0.398 e. The lowest BCUT2D eigenvalue weighted by molar-refractivity contribution is 0.1000. The summed E-state index contributed by atoms with van der Waals surface area (Å²) in [6, 6.07) is 5.88. The van der Waals surface area contributed by atoms with Crippen LogP contribution in [0.4, 0.5) is 11.5 Å². The van der Waals surface area contributed by atoms with E-state index in [1.54, 1.807) is 0 Å². The molecule has 6 N–H and O–H groups in total. The summed E-state index contributed by atoms with van der Waals surface area (Å²) >= 11 is 0. The van der Waals surface area contributed by atoms with E-state index >= 15 is 0 Å². The van der Waals surface area contributed by atoms with Crippen molar-refractivity contribution in [1.82, 2.24) is 10.2 Å². The molecule has 0 fully saturated rings. The number of nitrogens with two attached hydrogens (primary N) is 2. The van der Waals surface area contributed by atoms with Crippen LogP contribution < -0.4 is 21.7 Å². The van der Waals surface area contributed by atoms with Crippen LogP contribution in [0, 0.1) is 0 Å². The number of amides is 1. The molecule has 2 aromatic rings. The van der Waals surface area contributed by atoms with E-state index in [-0.39, 0.29) is 22.0 Å². The Bertz CT molecular complexity index is 839. The number of aromatic nitrogens is 2. The van der Waals surface area contributed by atoms with E-state index in [4.69, 9.17) is 11.5 Å². The Hall–Kier alpha value is -2.88. The fourth-order valence-electron chi connectivity index (χ4n) is 1.54. The number of hydrogen-bond acceptors (Lipinski definition) is 6. The zero-order valence-electron chi connectivity index (χ0n) is 10.5. The summed E-state index contributed by atoms with van der Waals surface area (Å²) in [5.74, 6) is -0.797. The van der Waals surface area contributed by atoms with E-state index in [1.807, 2.05) is 0 Å². The van der Waals surface area contributed by atoms with E-state index in [0.717, 1.165) is 18.2 Å². The van der Waals surface area contributed by atoms with E-state index in [9.17, 15) is 18.0 Å². The van der Waals surface area contributed by atoms with Gasteiger partial charge < -0.3 is 11.5 Å². The van der Waals surface area contributed by atoms with E-state index in [1.165, 1.54) is 12.1 Å². The molecule has 0 spiro atoms. The van der Waals surface area contributed by atoms with Gasteiger partial charge in [-0.2, -0.15) is 5.10 Å². The second-order valence-corrected chi connectivity index (χ2v) is 5.68. The molecular weight excluding hydrogens is 298 g/mol. The lowest BCUT2D eigenvalue weighted by Gasteiger charge is -2.09. The summed E-state index contributed by atoms with van der Waals surface area (Å²) in [5.41, 5.74) is 10.2. The minimum Gasteiger partial charge on any atom is -0.398 e. The number of primary amides is 1. The zero-order chi connectivity index (χ0) is 15.6. The Kier molecular flexibility index (Phi) is 3.63. The fraction of sp³-hybridized carbons (Fsp3) is 0. The number of carbonyl (C=O) groups excluding carboxylic acids is 1. The van der Waals surface area contributed by atoms with Gasteiger partial charge in [0.1, 0.15) is 4.90 Å². The summed E-state index contributed by atoms with van der Waals surface area (Å²) in [4.78, 5) is 21.6. The highest BCUT2D eigenvalue weighted by molar-refractivity contribution is 7.92. The number of carbonyl (C=O) groups is 1. The highest BCUT2D eigenvalue weighted by Gasteiger charge is 2.19. The molecule has 110 valence electrons. The number of aromatic amines is 1. The lowest BCUT2D eigenvalue weighted by atomic mass is 10.2. The molecule has 21 heavy (non-hydrogen) atoms. The van der Waals surface area contributed by atoms with Crippen molar-refractivity contribution < 1.29 is 13.2 Å². The smallest absolute Gasteiger partial charge is 0.265 e. The van der Waals surface area contributed by atoms with Crippen molar-refractivity contribution in [1.29, 1.82) is 0 Å². The summed E-state index contributed by atoms with van der Waals surface area (Å²) < 4.78 is 26.4. The summed E-state index contributed by atoms with van der Waals surface area (Å²) in [6.07, 6.45) is 0. The predicted octanol–water partition coefficient (Wildman–Crippen LogP) is -0.748. The Balaban J connectivity index is 2.37. The number of H-pyrrole nitrogens is 1. The van der Waals surface area contributed by atoms with Crippen LogP contribution in [0.1, 0.15) is 10.4 Å². The predicted molar refractivity (Wildman–Crippen MR) is 75.0 cm³/mol. The molecule has 0 saturated carbocycles. The second kappa shape index (κ2) is 5.25. The highest BCUT2D eigenvalue weighted by atomic mass is 32.2. The molecule has 0 aliphatic heterocycles. The van der Waals surface area contributed by atoms with Crippen LogP contribution in [-0.4, -0.2) is 24.5 Å². The summed E-state index contributed by atoms with van der Waals surface area (Å²) in [6.45, 7) is 0. The first-order chi connectivity index (χ1) is 9.79. The molecule has 0 atom stereocenters. The van der Waals surface area contributed by atoms with Gasteiger partial charge in [-0.3, -0.25) is 14.3 Å². The Labute approximate surface area is 119 Å².